The lowest BCUT2D eigenvalue weighted by Crippen LogP contribution is -2.06. The molecule has 3 nitrogen and oxygen atoms in total. The van der Waals surface area contributed by atoms with E-state index >= 15 is 0 Å². The second-order valence-electron chi connectivity index (χ2n) is 4.24. The summed E-state index contributed by atoms with van der Waals surface area (Å²) in [7, 11) is 0. The van der Waals surface area contributed by atoms with Crippen LogP contribution in [-0.2, 0) is 13.0 Å². The van der Waals surface area contributed by atoms with Crippen LogP contribution in [0.2, 0.25) is 0 Å². The monoisotopic (exact) mass is 215 g/mol. The molecule has 0 amide bonds. The summed E-state index contributed by atoms with van der Waals surface area (Å²) in [4.78, 5) is 3.94. The molecule has 0 saturated carbocycles. The summed E-state index contributed by atoms with van der Waals surface area (Å²) in [5.74, 6) is 0.673. The highest BCUT2D eigenvalue weighted by molar-refractivity contribution is 5.14. The van der Waals surface area contributed by atoms with Crippen molar-refractivity contribution in [1.82, 2.24) is 14.8 Å². The van der Waals surface area contributed by atoms with E-state index in [1.165, 1.54) is 5.56 Å². The summed E-state index contributed by atoms with van der Waals surface area (Å²) < 4.78 is 1.89. The fraction of sp³-hybridized carbons (Fsp3) is 0.385. The van der Waals surface area contributed by atoms with E-state index in [4.69, 9.17) is 0 Å². The van der Waals surface area contributed by atoms with Gasteiger partial charge in [-0.25, -0.2) is 4.98 Å². The van der Waals surface area contributed by atoms with Gasteiger partial charge in [0, 0.05) is 6.54 Å². The molecule has 1 heterocycles. The molecule has 2 rings (SSSR count). The first kappa shape index (κ1) is 10.9. The second kappa shape index (κ2) is 5.45. The smallest absolute Gasteiger partial charge is 0.137 e. The molecule has 0 aliphatic carbocycles. The maximum Gasteiger partial charge on any atom is 0.137 e. The Hall–Kier alpha value is -1.64. The van der Waals surface area contributed by atoms with Gasteiger partial charge in [0.05, 0.1) is 0 Å². The van der Waals surface area contributed by atoms with Gasteiger partial charge in [0.25, 0.3) is 0 Å². The molecule has 0 N–H and O–H groups in total. The summed E-state index contributed by atoms with van der Waals surface area (Å²) in [6, 6.07) is 10.6. The molecule has 1 aromatic heterocycles. The molecule has 0 radical (unpaired) electrons. The normalized spacial score (nSPS) is 12.6. The number of hydrogen-bond acceptors (Lipinski definition) is 2. The zero-order chi connectivity index (χ0) is 11.2. The summed E-state index contributed by atoms with van der Waals surface area (Å²) in [5, 5.41) is 4.10. The standard InChI is InChI=1S/C13H17N3/c1-12(7-8-16-11-14-10-15-16)9-13-5-3-2-4-6-13/h2-6,10-12H,7-9H2,1H3/t12-/m1/s1. The molecule has 0 fully saturated rings. The van der Waals surface area contributed by atoms with Crippen LogP contribution in [0.5, 0.6) is 0 Å². The number of rotatable bonds is 5. The molecule has 1 atom stereocenters. The second-order valence-corrected chi connectivity index (χ2v) is 4.24. The first-order chi connectivity index (χ1) is 7.84. The summed E-state index contributed by atoms with van der Waals surface area (Å²) in [6.45, 7) is 3.23. The Bertz CT molecular complexity index is 394. The third kappa shape index (κ3) is 3.19. The van der Waals surface area contributed by atoms with Crippen molar-refractivity contribution in [3.63, 3.8) is 0 Å². The highest BCUT2D eigenvalue weighted by Crippen LogP contribution is 2.12. The highest BCUT2D eigenvalue weighted by atomic mass is 15.3. The number of hydrogen-bond donors (Lipinski definition) is 0. The van der Waals surface area contributed by atoms with Crippen molar-refractivity contribution in [3.05, 3.63) is 48.5 Å². The van der Waals surface area contributed by atoms with E-state index in [0.29, 0.717) is 5.92 Å². The molecule has 0 aliphatic heterocycles. The Morgan fingerprint density at radius 1 is 1.25 bits per heavy atom. The Labute approximate surface area is 96.1 Å². The first-order valence-electron chi connectivity index (χ1n) is 5.71. The van der Waals surface area contributed by atoms with Crippen LogP contribution in [0, 0.1) is 5.92 Å². The maximum absolute atomic E-state index is 4.10. The lowest BCUT2D eigenvalue weighted by atomic mass is 9.98. The van der Waals surface area contributed by atoms with Gasteiger partial charge in [0.2, 0.25) is 0 Å². The van der Waals surface area contributed by atoms with Crippen molar-refractivity contribution >= 4 is 0 Å². The predicted octanol–water partition coefficient (Wildman–Crippen LogP) is 2.55. The Morgan fingerprint density at radius 2 is 2.06 bits per heavy atom. The maximum atomic E-state index is 4.10. The molecule has 84 valence electrons. The molecule has 3 heteroatoms. The average Bonchev–Trinajstić information content (AvgIpc) is 2.81. The minimum Gasteiger partial charge on any atom is -0.253 e. The molecule has 2 aromatic rings. The van der Waals surface area contributed by atoms with Crippen molar-refractivity contribution in [1.29, 1.82) is 0 Å². The van der Waals surface area contributed by atoms with Crippen molar-refractivity contribution in [2.45, 2.75) is 26.3 Å². The third-order valence-electron chi connectivity index (χ3n) is 2.74. The number of nitrogens with zero attached hydrogens (tertiary/aromatic N) is 3. The largest absolute Gasteiger partial charge is 0.253 e. The van der Waals surface area contributed by atoms with Crippen LogP contribution in [0.4, 0.5) is 0 Å². The van der Waals surface area contributed by atoms with Crippen LogP contribution < -0.4 is 0 Å². The van der Waals surface area contributed by atoms with E-state index in [1.807, 2.05) is 4.68 Å². The quantitative estimate of drug-likeness (QED) is 0.767. The highest BCUT2D eigenvalue weighted by Gasteiger charge is 2.03. The zero-order valence-corrected chi connectivity index (χ0v) is 9.58. The molecule has 1 aromatic carbocycles. The molecule has 0 aliphatic rings. The van der Waals surface area contributed by atoms with Crippen LogP contribution in [0.25, 0.3) is 0 Å². The van der Waals surface area contributed by atoms with Crippen molar-refractivity contribution in [2.75, 3.05) is 0 Å². The van der Waals surface area contributed by atoms with Gasteiger partial charge < -0.3 is 0 Å². The van der Waals surface area contributed by atoms with Gasteiger partial charge in [0.1, 0.15) is 12.7 Å². The van der Waals surface area contributed by atoms with E-state index in [1.54, 1.807) is 12.7 Å². The zero-order valence-electron chi connectivity index (χ0n) is 9.58. The molecular formula is C13H17N3. The Morgan fingerprint density at radius 3 is 2.75 bits per heavy atom. The number of benzene rings is 1. The molecule has 16 heavy (non-hydrogen) atoms. The van der Waals surface area contributed by atoms with E-state index in [9.17, 15) is 0 Å². The first-order valence-corrected chi connectivity index (χ1v) is 5.71. The summed E-state index contributed by atoms with van der Waals surface area (Å²) in [5.41, 5.74) is 1.41. The predicted molar refractivity (Wildman–Crippen MR) is 63.9 cm³/mol. The number of aryl methyl sites for hydroxylation is 1. The Balaban J connectivity index is 1.78. The minimum atomic E-state index is 0.673. The molecular weight excluding hydrogens is 198 g/mol. The minimum absolute atomic E-state index is 0.673. The van der Waals surface area contributed by atoms with Crippen molar-refractivity contribution in [3.8, 4) is 0 Å². The van der Waals surface area contributed by atoms with E-state index in [0.717, 1.165) is 19.4 Å². The fourth-order valence-corrected chi connectivity index (χ4v) is 1.82. The van der Waals surface area contributed by atoms with Gasteiger partial charge in [0.15, 0.2) is 0 Å². The molecule has 0 spiro atoms. The van der Waals surface area contributed by atoms with Crippen LogP contribution >= 0.6 is 0 Å². The molecule has 0 saturated heterocycles. The van der Waals surface area contributed by atoms with Gasteiger partial charge in [-0.15, -0.1) is 0 Å². The lowest BCUT2D eigenvalue weighted by Gasteiger charge is -2.10. The van der Waals surface area contributed by atoms with Crippen LogP contribution in [-0.4, -0.2) is 14.8 Å². The van der Waals surface area contributed by atoms with Crippen LogP contribution in [0.1, 0.15) is 18.9 Å². The van der Waals surface area contributed by atoms with Gasteiger partial charge in [-0.1, -0.05) is 37.3 Å². The number of aromatic nitrogens is 3. The van der Waals surface area contributed by atoms with Gasteiger partial charge in [-0.2, -0.15) is 5.10 Å². The summed E-state index contributed by atoms with van der Waals surface area (Å²) in [6.07, 6.45) is 5.63. The summed E-state index contributed by atoms with van der Waals surface area (Å²) >= 11 is 0. The fourth-order valence-electron chi connectivity index (χ4n) is 1.82. The van der Waals surface area contributed by atoms with Crippen LogP contribution in [0.3, 0.4) is 0 Å². The van der Waals surface area contributed by atoms with Crippen molar-refractivity contribution < 1.29 is 0 Å². The van der Waals surface area contributed by atoms with Crippen LogP contribution in [0.15, 0.2) is 43.0 Å². The molecule has 0 unspecified atom stereocenters. The van der Waals surface area contributed by atoms with Gasteiger partial charge >= 0.3 is 0 Å². The van der Waals surface area contributed by atoms with Gasteiger partial charge in [-0.3, -0.25) is 4.68 Å². The van der Waals surface area contributed by atoms with E-state index in [2.05, 4.69) is 47.3 Å². The molecule has 0 bridgehead atoms. The van der Waals surface area contributed by atoms with Gasteiger partial charge in [-0.05, 0) is 24.3 Å². The lowest BCUT2D eigenvalue weighted by molar-refractivity contribution is 0.456. The van der Waals surface area contributed by atoms with Crippen molar-refractivity contribution in [2.24, 2.45) is 5.92 Å². The topological polar surface area (TPSA) is 30.7 Å². The third-order valence-corrected chi connectivity index (χ3v) is 2.74. The SMILES string of the molecule is C[C@H](CCn1cncn1)Cc1ccccc1. The average molecular weight is 215 g/mol. The Kier molecular flexibility index (Phi) is 3.70. The van der Waals surface area contributed by atoms with E-state index < -0.39 is 0 Å². The van der Waals surface area contributed by atoms with E-state index in [-0.39, 0.29) is 0 Å².